The van der Waals surface area contributed by atoms with E-state index in [1.807, 2.05) is 7.05 Å². The van der Waals surface area contributed by atoms with E-state index in [-0.39, 0.29) is 39.4 Å². The Balaban J connectivity index is 1.97. The molecule has 2 heterocycles. The molecule has 182 valence electrons. The number of aromatic hydroxyl groups is 1. The molecular formula is C23H26F3N5O3. The number of hydrogen-bond donors (Lipinski definition) is 4. The zero-order chi connectivity index (χ0) is 25.2. The van der Waals surface area contributed by atoms with Gasteiger partial charge in [-0.2, -0.15) is 18.2 Å². The molecule has 1 aliphatic carbocycles. The number of pyridine rings is 1. The van der Waals surface area contributed by atoms with Crippen LogP contribution in [0.4, 0.5) is 19.0 Å². The quantitative estimate of drug-likeness (QED) is 0.430. The second kappa shape index (κ2) is 7.79. The number of nitrogens with zero attached hydrogens (tertiary/aromatic N) is 2. The van der Waals surface area contributed by atoms with Crippen LogP contribution in [0.1, 0.15) is 45.5 Å². The minimum absolute atomic E-state index is 0.00998. The fourth-order valence-electron chi connectivity index (χ4n) is 4.28. The molecule has 4 rings (SSSR count). The summed E-state index contributed by atoms with van der Waals surface area (Å²) in [5.41, 5.74) is 11.7. The van der Waals surface area contributed by atoms with Crippen molar-refractivity contribution in [2.75, 3.05) is 19.4 Å². The molecule has 0 bridgehead atoms. The Bertz CT molecular complexity index is 1330. The van der Waals surface area contributed by atoms with E-state index in [4.69, 9.17) is 16.2 Å². The predicted octanol–water partition coefficient (Wildman–Crippen LogP) is 3.49. The van der Waals surface area contributed by atoms with Gasteiger partial charge in [0.05, 0.1) is 22.4 Å². The van der Waals surface area contributed by atoms with Crippen LogP contribution >= 0.6 is 0 Å². The van der Waals surface area contributed by atoms with Crippen LogP contribution in [-0.2, 0) is 6.18 Å². The van der Waals surface area contributed by atoms with Crippen molar-refractivity contribution in [2.24, 2.45) is 5.73 Å². The number of fused-ring (bicyclic) bond motifs is 1. The van der Waals surface area contributed by atoms with E-state index in [2.05, 4.69) is 10.3 Å². The summed E-state index contributed by atoms with van der Waals surface area (Å²) in [6.45, 7) is 4.94. The number of hydrogen-bond acceptors (Lipinski definition) is 6. The number of anilines is 1. The number of primary amides is 1. The third kappa shape index (κ3) is 3.69. The Hall–Kier alpha value is -3.47. The van der Waals surface area contributed by atoms with Crippen molar-refractivity contribution >= 4 is 22.8 Å². The lowest BCUT2D eigenvalue weighted by Crippen LogP contribution is -2.34. The standard InChI is InChI=1S/C23H26F3N5O3/c1-10-8-14(23(24,25)26)17(32)12(3)16(10)31-18(27)15(19(28)33)13-7-11(2)21(30-20(13)31)34-9-22(29-4)5-6-22/h7-8,29,32H,5-6,9,27H2,1-4H3,(H2,28,33). The lowest BCUT2D eigenvalue weighted by atomic mass is 10.0. The van der Waals surface area contributed by atoms with E-state index in [1.54, 1.807) is 13.0 Å². The number of halogens is 3. The molecule has 1 fully saturated rings. The monoisotopic (exact) mass is 477 g/mol. The number of phenols is 1. The van der Waals surface area contributed by atoms with Crippen LogP contribution in [0, 0.1) is 20.8 Å². The molecule has 0 radical (unpaired) electrons. The number of rotatable bonds is 6. The summed E-state index contributed by atoms with van der Waals surface area (Å²) in [4.78, 5) is 16.9. The van der Waals surface area contributed by atoms with Crippen molar-refractivity contribution in [2.45, 2.75) is 45.3 Å². The maximum atomic E-state index is 13.4. The number of alkyl halides is 3. The lowest BCUT2D eigenvalue weighted by molar-refractivity contribution is -0.138. The third-order valence-electron chi connectivity index (χ3n) is 6.47. The van der Waals surface area contributed by atoms with Gasteiger partial charge in [-0.1, -0.05) is 0 Å². The first-order valence-corrected chi connectivity index (χ1v) is 10.6. The largest absolute Gasteiger partial charge is 0.507 e. The number of nitrogens with one attached hydrogen (secondary N) is 1. The van der Waals surface area contributed by atoms with Crippen molar-refractivity contribution < 1.29 is 27.8 Å². The van der Waals surface area contributed by atoms with E-state index >= 15 is 0 Å². The van der Waals surface area contributed by atoms with Crippen LogP contribution in [0.25, 0.3) is 16.7 Å². The molecule has 0 spiro atoms. The summed E-state index contributed by atoms with van der Waals surface area (Å²) in [6, 6.07) is 2.50. The molecule has 8 nitrogen and oxygen atoms in total. The van der Waals surface area contributed by atoms with Gasteiger partial charge in [-0.3, -0.25) is 9.36 Å². The zero-order valence-corrected chi connectivity index (χ0v) is 19.2. The maximum absolute atomic E-state index is 13.4. The third-order valence-corrected chi connectivity index (χ3v) is 6.47. The fourth-order valence-corrected chi connectivity index (χ4v) is 4.28. The first kappa shape index (κ1) is 23.7. The van der Waals surface area contributed by atoms with E-state index < -0.39 is 23.4 Å². The molecule has 0 aliphatic heterocycles. The molecule has 0 unspecified atom stereocenters. The number of benzene rings is 1. The van der Waals surface area contributed by atoms with Crippen molar-refractivity contribution in [3.63, 3.8) is 0 Å². The van der Waals surface area contributed by atoms with Gasteiger partial charge in [0.15, 0.2) is 5.65 Å². The molecule has 6 N–H and O–H groups in total. The average Bonchev–Trinajstić information content (AvgIpc) is 3.47. The number of amides is 1. The number of phenolic OH excluding ortho intramolecular Hbond substituents is 1. The summed E-state index contributed by atoms with van der Waals surface area (Å²) in [5, 5.41) is 13.9. The summed E-state index contributed by atoms with van der Waals surface area (Å²) >= 11 is 0. The van der Waals surface area contributed by atoms with Gasteiger partial charge in [-0.15, -0.1) is 0 Å². The first-order chi connectivity index (χ1) is 15.8. The molecular weight excluding hydrogens is 451 g/mol. The summed E-state index contributed by atoms with van der Waals surface area (Å²) < 4.78 is 47.5. The zero-order valence-electron chi connectivity index (χ0n) is 19.2. The highest BCUT2D eigenvalue weighted by Crippen LogP contribution is 2.43. The first-order valence-electron chi connectivity index (χ1n) is 10.6. The number of nitrogens with two attached hydrogens (primary N) is 2. The van der Waals surface area contributed by atoms with Crippen molar-refractivity contribution in [3.05, 3.63) is 39.9 Å². The summed E-state index contributed by atoms with van der Waals surface area (Å²) in [5.74, 6) is -1.53. The summed E-state index contributed by atoms with van der Waals surface area (Å²) in [7, 11) is 1.85. The molecule has 0 saturated heterocycles. The Labute approximate surface area is 193 Å². The predicted molar refractivity (Wildman–Crippen MR) is 121 cm³/mol. The van der Waals surface area contributed by atoms with Crippen LogP contribution in [0.5, 0.6) is 11.6 Å². The smallest absolute Gasteiger partial charge is 0.419 e. The SMILES string of the molecule is CNC1(COc2nc3c(cc2C)c(C(N)=O)c(N)n3-c2c(C)cc(C(F)(F)F)c(O)c2C)CC1. The second-order valence-electron chi connectivity index (χ2n) is 8.82. The number of likely N-dealkylation sites (N-methyl/N-ethyl adjacent to an activating group) is 1. The highest BCUT2D eigenvalue weighted by Gasteiger charge is 2.42. The number of carbonyl (C=O) groups is 1. The molecule has 3 aromatic rings. The molecule has 2 aromatic heterocycles. The van der Waals surface area contributed by atoms with Gasteiger partial charge in [-0.25, -0.2) is 0 Å². The lowest BCUT2D eigenvalue weighted by Gasteiger charge is -2.20. The fraction of sp³-hybridized carbons (Fsp3) is 0.391. The number of ether oxygens (including phenoxy) is 1. The van der Waals surface area contributed by atoms with Gasteiger partial charge >= 0.3 is 6.18 Å². The Morgan fingerprint density at radius 3 is 2.44 bits per heavy atom. The highest BCUT2D eigenvalue weighted by molar-refractivity contribution is 6.11. The average molecular weight is 477 g/mol. The van der Waals surface area contributed by atoms with Gasteiger partial charge in [0, 0.05) is 16.5 Å². The van der Waals surface area contributed by atoms with Crippen molar-refractivity contribution in [3.8, 4) is 17.3 Å². The number of aromatic nitrogens is 2. The van der Waals surface area contributed by atoms with Crippen LogP contribution < -0.4 is 21.5 Å². The molecule has 1 saturated carbocycles. The molecule has 0 atom stereocenters. The van der Waals surface area contributed by atoms with Crippen LogP contribution in [-0.4, -0.2) is 39.8 Å². The molecule has 34 heavy (non-hydrogen) atoms. The topological polar surface area (TPSA) is 128 Å². The van der Waals surface area contributed by atoms with Gasteiger partial charge in [0.1, 0.15) is 18.2 Å². The van der Waals surface area contributed by atoms with Gasteiger partial charge in [-0.05, 0) is 58.4 Å². The Morgan fingerprint density at radius 2 is 1.91 bits per heavy atom. The minimum Gasteiger partial charge on any atom is -0.507 e. The minimum atomic E-state index is -4.75. The van der Waals surface area contributed by atoms with Gasteiger partial charge < -0.3 is 26.6 Å². The highest BCUT2D eigenvalue weighted by atomic mass is 19.4. The molecule has 11 heteroatoms. The van der Waals surface area contributed by atoms with E-state index in [0.717, 1.165) is 18.9 Å². The molecule has 1 amide bonds. The van der Waals surface area contributed by atoms with E-state index in [1.165, 1.54) is 18.4 Å². The molecule has 1 aliphatic rings. The van der Waals surface area contributed by atoms with Gasteiger partial charge in [0.2, 0.25) is 5.88 Å². The Morgan fingerprint density at radius 1 is 1.26 bits per heavy atom. The Kier molecular flexibility index (Phi) is 5.43. The second-order valence-corrected chi connectivity index (χ2v) is 8.82. The van der Waals surface area contributed by atoms with Gasteiger partial charge in [0.25, 0.3) is 5.91 Å². The van der Waals surface area contributed by atoms with Crippen molar-refractivity contribution in [1.82, 2.24) is 14.9 Å². The van der Waals surface area contributed by atoms with Crippen molar-refractivity contribution in [1.29, 1.82) is 0 Å². The van der Waals surface area contributed by atoms with Crippen LogP contribution in [0.2, 0.25) is 0 Å². The van der Waals surface area contributed by atoms with Crippen LogP contribution in [0.3, 0.4) is 0 Å². The summed E-state index contributed by atoms with van der Waals surface area (Å²) in [6.07, 6.45) is -2.82. The van der Waals surface area contributed by atoms with E-state index in [9.17, 15) is 23.1 Å². The maximum Gasteiger partial charge on any atom is 0.419 e. The molecule has 1 aromatic carbocycles. The van der Waals surface area contributed by atoms with Crippen LogP contribution in [0.15, 0.2) is 12.1 Å². The van der Waals surface area contributed by atoms with E-state index in [0.29, 0.717) is 23.4 Å². The number of carbonyl (C=O) groups excluding carboxylic acids is 1. The number of nitrogen functional groups attached to an aromatic ring is 1. The number of aryl methyl sites for hydroxylation is 2. The normalized spacial score (nSPS) is 15.0.